The highest BCUT2D eigenvalue weighted by Gasteiger charge is 2.05. The van der Waals surface area contributed by atoms with E-state index in [1.54, 1.807) is 0 Å². The Morgan fingerprint density at radius 2 is 1.83 bits per heavy atom. The lowest BCUT2D eigenvalue weighted by Gasteiger charge is -2.12. The van der Waals surface area contributed by atoms with Gasteiger partial charge in [-0.15, -0.1) is 0 Å². The summed E-state index contributed by atoms with van der Waals surface area (Å²) in [5, 5.41) is 32.4. The zero-order chi connectivity index (χ0) is 21.6. The Hall–Kier alpha value is -2.75. The van der Waals surface area contributed by atoms with Crippen molar-refractivity contribution in [3.8, 4) is 0 Å². The Morgan fingerprint density at radius 1 is 1.17 bits per heavy atom. The molecular formula is C20H29N3O6. The van der Waals surface area contributed by atoms with Crippen LogP contribution in [0.4, 0.5) is 0 Å². The molecule has 0 bridgehead atoms. The third-order valence-corrected chi connectivity index (χ3v) is 3.81. The van der Waals surface area contributed by atoms with Crippen molar-refractivity contribution in [2.75, 3.05) is 19.7 Å². The minimum Gasteiger partial charge on any atom is -0.473 e. The van der Waals surface area contributed by atoms with Crippen LogP contribution in [-0.2, 0) is 27.5 Å². The van der Waals surface area contributed by atoms with Gasteiger partial charge in [0, 0.05) is 18.8 Å². The van der Waals surface area contributed by atoms with E-state index in [-0.39, 0.29) is 0 Å². The summed E-state index contributed by atoms with van der Waals surface area (Å²) < 4.78 is 7.55. The van der Waals surface area contributed by atoms with E-state index < -0.39 is 18.0 Å². The maximum atomic E-state index is 9.89. The standard InChI is InChI=1S/C18H27N3O2.C2H2O4/c1-15-11-16(2)21(20-15)10-6-9-19-12-18(22)14-23-13-17-7-4-3-5-8-17;3-1(4)2(5)6/h3-5,7-8,11,18-19,22H,6,9-10,12-14H2,1-2H3;(H,3,4)(H,5,6). The van der Waals surface area contributed by atoms with Crippen molar-refractivity contribution in [3.63, 3.8) is 0 Å². The fourth-order valence-corrected chi connectivity index (χ4v) is 2.47. The van der Waals surface area contributed by atoms with Crippen LogP contribution in [0.15, 0.2) is 36.4 Å². The summed E-state index contributed by atoms with van der Waals surface area (Å²) in [7, 11) is 0. The predicted octanol–water partition coefficient (Wildman–Crippen LogP) is 1.21. The first kappa shape index (κ1) is 24.3. The lowest BCUT2D eigenvalue weighted by Crippen LogP contribution is -2.31. The molecule has 9 nitrogen and oxygen atoms in total. The molecule has 160 valence electrons. The number of ether oxygens (including phenoxy) is 1. The zero-order valence-corrected chi connectivity index (χ0v) is 16.7. The van der Waals surface area contributed by atoms with Gasteiger partial charge in [-0.05, 0) is 38.4 Å². The Bertz CT molecular complexity index is 736. The number of nitrogens with one attached hydrogen (secondary N) is 1. The maximum absolute atomic E-state index is 9.89. The molecule has 1 atom stereocenters. The zero-order valence-electron chi connectivity index (χ0n) is 16.7. The number of aliphatic carboxylic acids is 2. The van der Waals surface area contributed by atoms with Crippen LogP contribution in [0.25, 0.3) is 0 Å². The van der Waals surface area contributed by atoms with E-state index in [4.69, 9.17) is 24.5 Å². The molecule has 1 aromatic carbocycles. The SMILES string of the molecule is Cc1cc(C)n(CCCNCC(O)COCc2ccccc2)n1.O=C(O)C(=O)O. The fourth-order valence-electron chi connectivity index (χ4n) is 2.47. The van der Waals surface area contributed by atoms with Crippen molar-refractivity contribution in [2.45, 2.75) is 39.5 Å². The van der Waals surface area contributed by atoms with Crippen LogP contribution < -0.4 is 5.32 Å². The summed E-state index contributed by atoms with van der Waals surface area (Å²) in [5.41, 5.74) is 3.37. The van der Waals surface area contributed by atoms with Crippen molar-refractivity contribution in [3.05, 3.63) is 53.3 Å². The third-order valence-electron chi connectivity index (χ3n) is 3.81. The highest BCUT2D eigenvalue weighted by atomic mass is 16.5. The molecule has 0 spiro atoms. The molecule has 1 aromatic heterocycles. The number of aromatic nitrogens is 2. The predicted molar refractivity (Wildman–Crippen MR) is 107 cm³/mol. The van der Waals surface area contributed by atoms with Gasteiger partial charge in [0.15, 0.2) is 0 Å². The monoisotopic (exact) mass is 407 g/mol. The molecule has 29 heavy (non-hydrogen) atoms. The summed E-state index contributed by atoms with van der Waals surface area (Å²) in [4.78, 5) is 18.2. The lowest BCUT2D eigenvalue weighted by molar-refractivity contribution is -0.159. The van der Waals surface area contributed by atoms with E-state index in [0.717, 1.165) is 30.8 Å². The van der Waals surface area contributed by atoms with Crippen LogP contribution in [-0.4, -0.2) is 62.8 Å². The average Bonchev–Trinajstić information content (AvgIpc) is 3.00. The van der Waals surface area contributed by atoms with E-state index in [1.807, 2.05) is 41.9 Å². The smallest absolute Gasteiger partial charge is 0.414 e. The van der Waals surface area contributed by atoms with E-state index in [9.17, 15) is 5.11 Å². The second-order valence-corrected chi connectivity index (χ2v) is 6.47. The highest BCUT2D eigenvalue weighted by Crippen LogP contribution is 2.02. The Balaban J connectivity index is 0.000000612. The molecule has 2 rings (SSSR count). The Kier molecular flexibility index (Phi) is 11.2. The summed E-state index contributed by atoms with van der Waals surface area (Å²) in [5.74, 6) is -3.65. The van der Waals surface area contributed by atoms with Crippen molar-refractivity contribution in [1.82, 2.24) is 15.1 Å². The van der Waals surface area contributed by atoms with Crippen LogP contribution in [0.2, 0.25) is 0 Å². The number of aliphatic hydroxyl groups excluding tert-OH is 1. The number of nitrogens with zero attached hydrogens (tertiary/aromatic N) is 2. The Morgan fingerprint density at radius 3 is 2.38 bits per heavy atom. The number of benzene rings is 1. The van der Waals surface area contributed by atoms with Gasteiger partial charge in [0.2, 0.25) is 0 Å². The number of hydrogen-bond donors (Lipinski definition) is 4. The van der Waals surface area contributed by atoms with Gasteiger partial charge in [-0.25, -0.2) is 9.59 Å². The molecule has 2 aromatic rings. The summed E-state index contributed by atoms with van der Waals surface area (Å²) in [6.07, 6.45) is 0.506. The second-order valence-electron chi connectivity index (χ2n) is 6.47. The Labute approximate surface area is 169 Å². The first-order chi connectivity index (χ1) is 13.8. The lowest BCUT2D eigenvalue weighted by atomic mass is 10.2. The largest absolute Gasteiger partial charge is 0.473 e. The number of carbonyl (C=O) groups is 2. The van der Waals surface area contributed by atoms with Gasteiger partial charge in [-0.1, -0.05) is 30.3 Å². The molecule has 0 aliphatic carbocycles. The van der Waals surface area contributed by atoms with Gasteiger partial charge in [-0.2, -0.15) is 5.10 Å². The van der Waals surface area contributed by atoms with E-state index >= 15 is 0 Å². The van der Waals surface area contributed by atoms with Crippen LogP contribution in [0.3, 0.4) is 0 Å². The first-order valence-electron chi connectivity index (χ1n) is 9.27. The average molecular weight is 407 g/mol. The van der Waals surface area contributed by atoms with Crippen LogP contribution in [0.5, 0.6) is 0 Å². The maximum Gasteiger partial charge on any atom is 0.414 e. The summed E-state index contributed by atoms with van der Waals surface area (Å²) >= 11 is 0. The van der Waals surface area contributed by atoms with Crippen LogP contribution in [0, 0.1) is 13.8 Å². The van der Waals surface area contributed by atoms with Crippen LogP contribution in [0.1, 0.15) is 23.4 Å². The molecule has 0 amide bonds. The number of aliphatic hydroxyl groups is 1. The third kappa shape index (κ3) is 11.0. The van der Waals surface area contributed by atoms with Gasteiger partial charge in [0.1, 0.15) is 0 Å². The van der Waals surface area contributed by atoms with Crippen molar-refractivity contribution in [2.24, 2.45) is 0 Å². The molecule has 9 heteroatoms. The quantitative estimate of drug-likeness (QED) is 0.341. The minimum absolute atomic E-state index is 0.347. The molecule has 0 radical (unpaired) electrons. The number of aryl methyl sites for hydroxylation is 3. The van der Waals surface area contributed by atoms with Crippen molar-refractivity contribution >= 4 is 11.9 Å². The van der Waals surface area contributed by atoms with E-state index in [2.05, 4.69) is 23.4 Å². The minimum atomic E-state index is -1.82. The number of carboxylic acid groups (broad SMARTS) is 2. The van der Waals surface area contributed by atoms with E-state index in [1.165, 1.54) is 5.69 Å². The molecule has 0 saturated heterocycles. The normalized spacial score (nSPS) is 11.4. The van der Waals surface area contributed by atoms with Crippen molar-refractivity contribution in [1.29, 1.82) is 0 Å². The van der Waals surface area contributed by atoms with Crippen molar-refractivity contribution < 1.29 is 29.6 Å². The van der Waals surface area contributed by atoms with Gasteiger partial charge in [0.05, 0.1) is 25.0 Å². The molecule has 0 saturated carbocycles. The number of hydrogen-bond acceptors (Lipinski definition) is 6. The second kappa shape index (κ2) is 13.4. The molecule has 0 fully saturated rings. The van der Waals surface area contributed by atoms with Gasteiger partial charge >= 0.3 is 11.9 Å². The first-order valence-corrected chi connectivity index (χ1v) is 9.27. The highest BCUT2D eigenvalue weighted by molar-refractivity contribution is 6.27. The molecule has 4 N–H and O–H groups in total. The number of carboxylic acids is 2. The van der Waals surface area contributed by atoms with Crippen LogP contribution >= 0.6 is 0 Å². The fraction of sp³-hybridized carbons (Fsp3) is 0.450. The molecule has 0 aliphatic rings. The summed E-state index contributed by atoms with van der Waals surface area (Å²) in [6, 6.07) is 12.1. The molecule has 1 unspecified atom stereocenters. The summed E-state index contributed by atoms with van der Waals surface area (Å²) in [6.45, 7) is 7.26. The van der Waals surface area contributed by atoms with E-state index in [0.29, 0.717) is 19.8 Å². The topological polar surface area (TPSA) is 134 Å². The molecule has 0 aliphatic heterocycles. The molecule has 1 heterocycles. The van der Waals surface area contributed by atoms with Gasteiger partial charge < -0.3 is 25.4 Å². The van der Waals surface area contributed by atoms with Gasteiger partial charge in [0.25, 0.3) is 0 Å². The molecular weight excluding hydrogens is 378 g/mol. The number of rotatable bonds is 10. The van der Waals surface area contributed by atoms with Gasteiger partial charge in [-0.3, -0.25) is 4.68 Å².